The smallest absolute Gasteiger partial charge is 0.250 e. The number of thiophene rings is 1. The van der Waals surface area contributed by atoms with E-state index in [2.05, 4.69) is 4.72 Å². The maximum atomic E-state index is 12.5. The summed E-state index contributed by atoms with van der Waals surface area (Å²) in [6.07, 6.45) is 1.51. The molecular formula is C15H14ClNO4S2. The highest BCUT2D eigenvalue weighted by atomic mass is 35.5. The minimum Gasteiger partial charge on any atom is -0.486 e. The van der Waals surface area contributed by atoms with Crippen molar-refractivity contribution in [1.82, 2.24) is 4.72 Å². The molecule has 1 aliphatic heterocycles. The Bertz CT molecular complexity index is 858. The average Bonchev–Trinajstić information content (AvgIpc) is 3.16. The Morgan fingerprint density at radius 2 is 1.83 bits per heavy atom. The highest BCUT2D eigenvalue weighted by molar-refractivity contribution is 7.91. The summed E-state index contributed by atoms with van der Waals surface area (Å²) in [6, 6.07) is 8.70. The van der Waals surface area contributed by atoms with E-state index in [0.29, 0.717) is 29.0 Å². The standard InChI is InChI=1S/C15H14ClNO4S2/c16-13-3-4-14(22-13)23(18,19)17-15(5-6-15)10-1-2-11-12(9-10)21-8-7-20-11/h1-4,9,17H,5-8H2. The lowest BCUT2D eigenvalue weighted by molar-refractivity contribution is 0.171. The molecule has 122 valence electrons. The van der Waals surface area contributed by atoms with Gasteiger partial charge in [0.15, 0.2) is 11.5 Å². The Balaban J connectivity index is 1.64. The van der Waals surface area contributed by atoms with Gasteiger partial charge in [-0.25, -0.2) is 8.42 Å². The molecule has 1 aromatic carbocycles. The van der Waals surface area contributed by atoms with Gasteiger partial charge in [0.2, 0.25) is 0 Å². The number of benzene rings is 1. The second-order valence-corrected chi connectivity index (χ2v) is 9.23. The van der Waals surface area contributed by atoms with Crippen LogP contribution in [0.4, 0.5) is 0 Å². The Hall–Kier alpha value is -1.28. The fourth-order valence-corrected chi connectivity index (χ4v) is 5.60. The van der Waals surface area contributed by atoms with Crippen LogP contribution in [0.2, 0.25) is 4.34 Å². The van der Waals surface area contributed by atoms with Gasteiger partial charge in [0.25, 0.3) is 10.0 Å². The van der Waals surface area contributed by atoms with Gasteiger partial charge in [0.1, 0.15) is 17.4 Å². The average molecular weight is 372 g/mol. The molecule has 0 bridgehead atoms. The van der Waals surface area contributed by atoms with Gasteiger partial charge < -0.3 is 9.47 Å². The number of hydrogen-bond donors (Lipinski definition) is 1. The first kappa shape index (κ1) is 15.3. The maximum absolute atomic E-state index is 12.5. The number of fused-ring (bicyclic) bond motifs is 1. The van der Waals surface area contributed by atoms with E-state index < -0.39 is 15.6 Å². The number of sulfonamides is 1. The second kappa shape index (κ2) is 5.37. The highest BCUT2D eigenvalue weighted by Crippen LogP contribution is 2.49. The van der Waals surface area contributed by atoms with Gasteiger partial charge in [-0.3, -0.25) is 0 Å². The quantitative estimate of drug-likeness (QED) is 0.896. The number of nitrogens with one attached hydrogen (secondary N) is 1. The molecule has 1 saturated carbocycles. The molecule has 0 unspecified atom stereocenters. The third kappa shape index (κ3) is 2.82. The summed E-state index contributed by atoms with van der Waals surface area (Å²) in [5, 5.41) is 0. The lowest BCUT2D eigenvalue weighted by Gasteiger charge is -2.22. The first-order chi connectivity index (χ1) is 11.0. The van der Waals surface area contributed by atoms with E-state index in [0.717, 1.165) is 29.7 Å². The van der Waals surface area contributed by atoms with Crippen LogP contribution in [-0.2, 0) is 15.6 Å². The Morgan fingerprint density at radius 1 is 1.09 bits per heavy atom. The van der Waals surface area contributed by atoms with Crippen LogP contribution in [0.3, 0.4) is 0 Å². The van der Waals surface area contributed by atoms with Crippen molar-refractivity contribution in [2.24, 2.45) is 0 Å². The summed E-state index contributed by atoms with van der Waals surface area (Å²) >= 11 is 6.90. The van der Waals surface area contributed by atoms with Crippen molar-refractivity contribution in [2.75, 3.05) is 13.2 Å². The van der Waals surface area contributed by atoms with Crippen molar-refractivity contribution in [3.8, 4) is 11.5 Å². The van der Waals surface area contributed by atoms with Gasteiger partial charge in [0.05, 0.1) is 9.88 Å². The van der Waals surface area contributed by atoms with Gasteiger partial charge in [0, 0.05) is 0 Å². The van der Waals surface area contributed by atoms with E-state index in [-0.39, 0.29) is 4.21 Å². The van der Waals surface area contributed by atoms with Crippen molar-refractivity contribution in [3.63, 3.8) is 0 Å². The number of ether oxygens (including phenoxy) is 2. The van der Waals surface area contributed by atoms with Crippen LogP contribution in [0.5, 0.6) is 11.5 Å². The molecule has 4 rings (SSSR count). The fourth-order valence-electron chi connectivity index (χ4n) is 2.67. The van der Waals surface area contributed by atoms with Gasteiger partial charge >= 0.3 is 0 Å². The Morgan fingerprint density at radius 3 is 2.48 bits per heavy atom. The van der Waals surface area contributed by atoms with Crippen LogP contribution in [0.25, 0.3) is 0 Å². The Labute approximate surface area is 143 Å². The largest absolute Gasteiger partial charge is 0.486 e. The third-order valence-electron chi connectivity index (χ3n) is 3.99. The number of hydrogen-bond acceptors (Lipinski definition) is 5. The summed E-state index contributed by atoms with van der Waals surface area (Å²) in [5.41, 5.74) is 0.332. The van der Waals surface area contributed by atoms with Crippen LogP contribution in [0.1, 0.15) is 18.4 Å². The van der Waals surface area contributed by atoms with E-state index in [9.17, 15) is 8.42 Å². The van der Waals surface area contributed by atoms with E-state index >= 15 is 0 Å². The van der Waals surface area contributed by atoms with Crippen LogP contribution >= 0.6 is 22.9 Å². The minimum atomic E-state index is -3.59. The van der Waals surface area contributed by atoms with Crippen molar-refractivity contribution in [3.05, 3.63) is 40.2 Å². The normalized spacial score (nSPS) is 18.7. The first-order valence-electron chi connectivity index (χ1n) is 7.18. The predicted molar refractivity (Wildman–Crippen MR) is 88.0 cm³/mol. The Kier molecular flexibility index (Phi) is 3.57. The summed E-state index contributed by atoms with van der Waals surface area (Å²) in [4.78, 5) is 0. The molecule has 5 nitrogen and oxygen atoms in total. The monoisotopic (exact) mass is 371 g/mol. The molecule has 2 aliphatic rings. The topological polar surface area (TPSA) is 64.6 Å². The molecule has 23 heavy (non-hydrogen) atoms. The molecule has 1 N–H and O–H groups in total. The van der Waals surface area contributed by atoms with Gasteiger partial charge in [-0.1, -0.05) is 17.7 Å². The lowest BCUT2D eigenvalue weighted by Crippen LogP contribution is -2.34. The molecule has 0 spiro atoms. The summed E-state index contributed by atoms with van der Waals surface area (Å²) < 4.78 is 39.7. The van der Waals surface area contributed by atoms with Crippen molar-refractivity contribution in [1.29, 1.82) is 0 Å². The predicted octanol–water partition coefficient (Wildman–Crippen LogP) is 3.14. The van der Waals surface area contributed by atoms with Crippen molar-refractivity contribution in [2.45, 2.75) is 22.6 Å². The minimum absolute atomic E-state index is 0.228. The molecular weight excluding hydrogens is 358 g/mol. The molecule has 2 heterocycles. The molecule has 0 radical (unpaired) electrons. The van der Waals surface area contributed by atoms with Crippen LogP contribution in [-0.4, -0.2) is 21.6 Å². The molecule has 8 heteroatoms. The zero-order chi connectivity index (χ0) is 16.1. The van der Waals surface area contributed by atoms with Gasteiger partial charge in [-0.2, -0.15) is 4.72 Å². The maximum Gasteiger partial charge on any atom is 0.250 e. The SMILES string of the molecule is O=S(=O)(NC1(c2ccc3c(c2)OCCO3)CC1)c1ccc(Cl)s1. The zero-order valence-corrected chi connectivity index (χ0v) is 14.4. The summed E-state index contributed by atoms with van der Waals surface area (Å²) in [7, 11) is -3.59. The fraction of sp³-hybridized carbons (Fsp3) is 0.333. The van der Waals surface area contributed by atoms with E-state index in [4.69, 9.17) is 21.1 Å². The molecule has 1 fully saturated rings. The highest BCUT2D eigenvalue weighted by Gasteiger charge is 2.48. The van der Waals surface area contributed by atoms with Crippen LogP contribution < -0.4 is 14.2 Å². The molecule has 1 aromatic heterocycles. The summed E-state index contributed by atoms with van der Waals surface area (Å²) in [5.74, 6) is 1.36. The molecule has 0 amide bonds. The van der Waals surface area contributed by atoms with Crippen molar-refractivity contribution < 1.29 is 17.9 Å². The molecule has 0 saturated heterocycles. The van der Waals surface area contributed by atoms with Gasteiger partial charge in [-0.05, 0) is 42.7 Å². The first-order valence-corrected chi connectivity index (χ1v) is 9.86. The molecule has 0 atom stereocenters. The van der Waals surface area contributed by atoms with Crippen LogP contribution in [0.15, 0.2) is 34.5 Å². The zero-order valence-electron chi connectivity index (χ0n) is 12.0. The summed E-state index contributed by atoms with van der Waals surface area (Å²) in [6.45, 7) is 1.03. The lowest BCUT2D eigenvalue weighted by atomic mass is 10.1. The second-order valence-electron chi connectivity index (χ2n) is 5.60. The molecule has 1 aliphatic carbocycles. The molecule has 2 aromatic rings. The van der Waals surface area contributed by atoms with E-state index in [1.807, 2.05) is 18.2 Å². The van der Waals surface area contributed by atoms with Crippen molar-refractivity contribution >= 4 is 33.0 Å². The van der Waals surface area contributed by atoms with E-state index in [1.165, 1.54) is 6.07 Å². The van der Waals surface area contributed by atoms with E-state index in [1.54, 1.807) is 6.07 Å². The van der Waals surface area contributed by atoms with Crippen LogP contribution in [0, 0.1) is 0 Å². The number of halogens is 1. The third-order valence-corrected chi connectivity index (χ3v) is 7.25. The van der Waals surface area contributed by atoms with Gasteiger partial charge in [-0.15, -0.1) is 11.3 Å². The number of rotatable bonds is 4.